The molecule has 1 aromatic heterocycles. The summed E-state index contributed by atoms with van der Waals surface area (Å²) >= 11 is 1.45. The molecule has 1 N–H and O–H groups in total. The molecule has 0 saturated heterocycles. The molecule has 154 valence electrons. The fourth-order valence-corrected chi connectivity index (χ4v) is 7.21. The lowest BCUT2D eigenvalue weighted by molar-refractivity contribution is -0.119. The third-order valence-corrected chi connectivity index (χ3v) is 8.25. The summed E-state index contributed by atoms with van der Waals surface area (Å²) < 4.78 is 1.94. The van der Waals surface area contributed by atoms with E-state index in [1.165, 1.54) is 55.9 Å². The molecule has 6 heteroatoms. The van der Waals surface area contributed by atoms with Gasteiger partial charge < -0.3 is 5.32 Å². The largest absolute Gasteiger partial charge is 0.355 e. The molecule has 6 rings (SSSR count). The second kappa shape index (κ2) is 7.78. The molecule has 1 aromatic carbocycles. The molecule has 0 unspecified atom stereocenters. The summed E-state index contributed by atoms with van der Waals surface area (Å²) in [6.45, 7) is 2.88. The minimum atomic E-state index is 0.0955. The first-order valence-electron chi connectivity index (χ1n) is 11.0. The number of hydrogen-bond acceptors (Lipinski definition) is 4. The first-order valence-corrected chi connectivity index (χ1v) is 11.9. The van der Waals surface area contributed by atoms with Gasteiger partial charge in [-0.15, -0.1) is 10.2 Å². The maximum Gasteiger partial charge on any atom is 0.230 e. The summed E-state index contributed by atoms with van der Waals surface area (Å²) in [6.07, 6.45) is 11.5. The molecule has 5 nitrogen and oxygen atoms in total. The maximum absolute atomic E-state index is 12.4. The molecule has 2 aromatic rings. The average Bonchev–Trinajstić information content (AvgIpc) is 3.14. The van der Waals surface area contributed by atoms with Crippen LogP contribution in [0.15, 0.2) is 35.7 Å². The van der Waals surface area contributed by atoms with Crippen molar-refractivity contribution in [2.45, 2.75) is 57.0 Å². The van der Waals surface area contributed by atoms with Gasteiger partial charge in [0.15, 0.2) is 5.16 Å². The van der Waals surface area contributed by atoms with Crippen molar-refractivity contribution in [3.8, 4) is 5.69 Å². The minimum Gasteiger partial charge on any atom is -0.355 e. The number of hydrogen-bond donors (Lipinski definition) is 1. The van der Waals surface area contributed by atoms with E-state index in [0.29, 0.717) is 11.2 Å². The van der Waals surface area contributed by atoms with Gasteiger partial charge in [0.2, 0.25) is 5.91 Å². The van der Waals surface area contributed by atoms with Crippen LogP contribution in [0.2, 0.25) is 0 Å². The highest BCUT2D eigenvalue weighted by molar-refractivity contribution is 7.99. The van der Waals surface area contributed by atoms with Gasteiger partial charge in [-0.3, -0.25) is 9.36 Å². The van der Waals surface area contributed by atoms with Gasteiger partial charge in [-0.05, 0) is 87.2 Å². The lowest BCUT2D eigenvalue weighted by Gasteiger charge is -2.57. The predicted octanol–water partition coefficient (Wildman–Crippen LogP) is 4.39. The number of benzene rings is 1. The molecule has 0 atom stereocenters. The second-order valence-corrected chi connectivity index (χ2v) is 10.6. The van der Waals surface area contributed by atoms with Gasteiger partial charge in [-0.1, -0.05) is 29.5 Å². The third kappa shape index (κ3) is 4.09. The normalized spacial score (nSPS) is 29.9. The number of nitrogens with one attached hydrogen (secondary N) is 1. The van der Waals surface area contributed by atoms with E-state index in [2.05, 4.69) is 34.6 Å². The summed E-state index contributed by atoms with van der Waals surface area (Å²) in [4.78, 5) is 12.4. The van der Waals surface area contributed by atoms with E-state index >= 15 is 0 Å². The molecule has 4 aliphatic rings. The molecule has 1 amide bonds. The zero-order chi connectivity index (χ0) is 19.8. The molecule has 1 heterocycles. The van der Waals surface area contributed by atoms with Crippen LogP contribution in [0.1, 0.15) is 50.5 Å². The van der Waals surface area contributed by atoms with Crippen molar-refractivity contribution in [1.29, 1.82) is 0 Å². The molecule has 4 aliphatic carbocycles. The van der Waals surface area contributed by atoms with Crippen molar-refractivity contribution in [2.24, 2.45) is 23.2 Å². The van der Waals surface area contributed by atoms with Crippen LogP contribution in [-0.2, 0) is 4.79 Å². The van der Waals surface area contributed by atoms with Crippen LogP contribution in [0.5, 0.6) is 0 Å². The average molecular weight is 411 g/mol. The number of amides is 1. The lowest BCUT2D eigenvalue weighted by atomic mass is 9.49. The summed E-state index contributed by atoms with van der Waals surface area (Å²) in [6, 6.07) is 8.24. The topological polar surface area (TPSA) is 59.8 Å². The monoisotopic (exact) mass is 410 g/mol. The fraction of sp³-hybridized carbons (Fsp3) is 0.609. The third-order valence-electron chi connectivity index (χ3n) is 7.30. The smallest absolute Gasteiger partial charge is 0.230 e. The zero-order valence-corrected chi connectivity index (χ0v) is 18.0. The van der Waals surface area contributed by atoms with E-state index < -0.39 is 0 Å². The van der Waals surface area contributed by atoms with Gasteiger partial charge in [0.1, 0.15) is 6.33 Å². The Kier molecular flexibility index (Phi) is 5.14. The maximum atomic E-state index is 12.4. The molecule has 4 fully saturated rings. The van der Waals surface area contributed by atoms with Crippen molar-refractivity contribution in [1.82, 2.24) is 20.1 Å². The lowest BCUT2D eigenvalue weighted by Crippen LogP contribution is -2.47. The number of aryl methyl sites for hydroxylation is 1. The van der Waals surface area contributed by atoms with E-state index in [0.717, 1.165) is 41.6 Å². The Balaban J connectivity index is 1.11. The van der Waals surface area contributed by atoms with Crippen LogP contribution < -0.4 is 5.32 Å². The second-order valence-electron chi connectivity index (χ2n) is 9.63. The van der Waals surface area contributed by atoms with E-state index in [1.807, 2.05) is 16.7 Å². The molecular weight excluding hydrogens is 380 g/mol. The van der Waals surface area contributed by atoms with Crippen molar-refractivity contribution in [3.05, 3.63) is 36.2 Å². The molecule has 4 saturated carbocycles. The predicted molar refractivity (Wildman–Crippen MR) is 115 cm³/mol. The van der Waals surface area contributed by atoms with Crippen molar-refractivity contribution in [3.63, 3.8) is 0 Å². The van der Waals surface area contributed by atoms with Gasteiger partial charge >= 0.3 is 0 Å². The van der Waals surface area contributed by atoms with Crippen molar-refractivity contribution in [2.75, 3.05) is 12.3 Å². The summed E-state index contributed by atoms with van der Waals surface area (Å²) in [5, 5.41) is 12.1. The highest BCUT2D eigenvalue weighted by Gasteiger charge is 2.50. The number of aromatic nitrogens is 3. The first kappa shape index (κ1) is 19.2. The Hall–Kier alpha value is -1.82. The van der Waals surface area contributed by atoms with Crippen molar-refractivity contribution < 1.29 is 4.79 Å². The number of rotatable bonds is 7. The summed E-state index contributed by atoms with van der Waals surface area (Å²) in [7, 11) is 0. The van der Waals surface area contributed by atoms with E-state index in [9.17, 15) is 4.79 Å². The number of carbonyl (C=O) groups is 1. The van der Waals surface area contributed by atoms with Crippen LogP contribution >= 0.6 is 11.8 Å². The highest BCUT2D eigenvalue weighted by Crippen LogP contribution is 2.61. The fourth-order valence-electron chi connectivity index (χ4n) is 6.45. The van der Waals surface area contributed by atoms with Crippen LogP contribution in [0.3, 0.4) is 0 Å². The Labute approximate surface area is 177 Å². The Bertz CT molecular complexity index is 840. The summed E-state index contributed by atoms with van der Waals surface area (Å²) in [5.74, 6) is 3.39. The molecule has 4 bridgehead atoms. The van der Waals surface area contributed by atoms with E-state index in [1.54, 1.807) is 6.33 Å². The zero-order valence-electron chi connectivity index (χ0n) is 17.1. The van der Waals surface area contributed by atoms with E-state index in [4.69, 9.17) is 0 Å². The Morgan fingerprint density at radius 2 is 1.79 bits per heavy atom. The van der Waals surface area contributed by atoms with Crippen LogP contribution in [-0.4, -0.2) is 33.0 Å². The highest BCUT2D eigenvalue weighted by atomic mass is 32.2. The number of thioether (sulfide) groups is 1. The van der Waals surface area contributed by atoms with Gasteiger partial charge in [-0.25, -0.2) is 0 Å². The number of carbonyl (C=O) groups excluding carboxylic acids is 1. The van der Waals surface area contributed by atoms with E-state index in [-0.39, 0.29) is 5.91 Å². The summed E-state index contributed by atoms with van der Waals surface area (Å²) in [5.41, 5.74) is 2.76. The molecular formula is C23H30N4OS. The first-order chi connectivity index (χ1) is 14.1. The van der Waals surface area contributed by atoms with Crippen LogP contribution in [0.25, 0.3) is 5.69 Å². The Morgan fingerprint density at radius 3 is 2.45 bits per heavy atom. The SMILES string of the molecule is Cc1ccc(-n2cnnc2SCC(=O)NCCC23CC4CC(CC(C4)C2)C3)cc1. The molecule has 0 radical (unpaired) electrons. The number of nitrogens with zero attached hydrogens (tertiary/aromatic N) is 3. The molecule has 29 heavy (non-hydrogen) atoms. The van der Waals surface area contributed by atoms with Gasteiger partial charge in [0.05, 0.1) is 5.75 Å². The van der Waals surface area contributed by atoms with Crippen molar-refractivity contribution >= 4 is 17.7 Å². The standard InChI is InChI=1S/C23H30N4OS/c1-16-2-4-20(5-3-16)27-15-25-26-22(27)29-14-21(28)24-7-6-23-11-17-8-18(12-23)10-19(9-17)13-23/h2-5,15,17-19H,6-14H2,1H3,(H,24,28). The quantitative estimate of drug-likeness (QED) is 0.688. The molecule has 0 spiro atoms. The van der Waals surface area contributed by atoms with Crippen LogP contribution in [0, 0.1) is 30.1 Å². The Morgan fingerprint density at radius 1 is 1.14 bits per heavy atom. The van der Waals surface area contributed by atoms with Gasteiger partial charge in [-0.2, -0.15) is 0 Å². The molecule has 0 aliphatic heterocycles. The minimum absolute atomic E-state index is 0.0955. The van der Waals surface area contributed by atoms with Gasteiger partial charge in [0, 0.05) is 12.2 Å². The van der Waals surface area contributed by atoms with Crippen LogP contribution in [0.4, 0.5) is 0 Å². The van der Waals surface area contributed by atoms with Gasteiger partial charge in [0.25, 0.3) is 0 Å².